The predicted molar refractivity (Wildman–Crippen MR) is 98.2 cm³/mol. The Hall–Kier alpha value is -1.95. The van der Waals surface area contributed by atoms with Crippen LogP contribution in [0.1, 0.15) is 44.1 Å². The van der Waals surface area contributed by atoms with E-state index in [1.807, 2.05) is 21.9 Å². The van der Waals surface area contributed by atoms with E-state index in [-0.39, 0.29) is 17.2 Å². The average molecular weight is 356 g/mol. The maximum absolute atomic E-state index is 12.5. The first-order chi connectivity index (χ1) is 12.5. The molecule has 1 saturated carbocycles. The van der Waals surface area contributed by atoms with Gasteiger partial charge in [-0.25, -0.2) is 0 Å². The molecule has 0 radical (unpaired) electrons. The van der Waals surface area contributed by atoms with Gasteiger partial charge in [-0.3, -0.25) is 14.6 Å². The molecule has 2 saturated heterocycles. The van der Waals surface area contributed by atoms with Crippen LogP contribution in [0.15, 0.2) is 24.5 Å². The molecule has 6 nitrogen and oxygen atoms in total. The van der Waals surface area contributed by atoms with Gasteiger partial charge in [-0.1, -0.05) is 0 Å². The third-order valence-electron chi connectivity index (χ3n) is 6.49. The number of rotatable bonds is 4. The third-order valence-corrected chi connectivity index (χ3v) is 6.49. The average Bonchev–Trinajstić information content (AvgIpc) is 3.42. The second-order valence-corrected chi connectivity index (χ2v) is 8.37. The number of piperidine rings is 2. The lowest BCUT2D eigenvalue weighted by atomic mass is 9.72. The molecule has 0 atom stereocenters. The zero-order valence-electron chi connectivity index (χ0n) is 15.3. The Balaban J connectivity index is 1.34. The van der Waals surface area contributed by atoms with Crippen LogP contribution in [-0.2, 0) is 16.0 Å². The van der Waals surface area contributed by atoms with Crippen molar-refractivity contribution in [2.45, 2.75) is 50.5 Å². The molecule has 4 rings (SSSR count). The Morgan fingerprint density at radius 1 is 1.12 bits per heavy atom. The highest BCUT2D eigenvalue weighted by atomic mass is 16.2. The van der Waals surface area contributed by atoms with Gasteiger partial charge in [0.2, 0.25) is 11.8 Å². The number of amides is 2. The molecular weight excluding hydrogens is 328 g/mol. The van der Waals surface area contributed by atoms with Gasteiger partial charge < -0.3 is 15.5 Å². The van der Waals surface area contributed by atoms with Crippen LogP contribution in [0.3, 0.4) is 0 Å². The Morgan fingerprint density at radius 2 is 1.81 bits per heavy atom. The van der Waals surface area contributed by atoms with Crippen molar-refractivity contribution >= 4 is 11.8 Å². The van der Waals surface area contributed by atoms with Crippen LogP contribution in [0.5, 0.6) is 0 Å². The molecular formula is C20H28N4O2. The van der Waals surface area contributed by atoms with Gasteiger partial charge in [-0.05, 0) is 61.6 Å². The van der Waals surface area contributed by atoms with Crippen molar-refractivity contribution in [3.05, 3.63) is 30.1 Å². The highest BCUT2D eigenvalue weighted by Gasteiger charge is 2.50. The number of nitrogens with two attached hydrogens (primary N) is 1. The molecule has 140 valence electrons. The Labute approximate surface area is 154 Å². The number of nitrogens with zero attached hydrogens (tertiary/aromatic N) is 3. The minimum Gasteiger partial charge on any atom is -0.342 e. The normalized spacial score (nSPS) is 24.0. The number of hydrogen-bond acceptors (Lipinski definition) is 4. The minimum atomic E-state index is -0.566. The van der Waals surface area contributed by atoms with E-state index in [2.05, 4.69) is 4.98 Å². The third kappa shape index (κ3) is 3.47. The molecule has 2 aliphatic heterocycles. The van der Waals surface area contributed by atoms with Crippen molar-refractivity contribution in [3.8, 4) is 0 Å². The molecule has 0 aromatic carbocycles. The van der Waals surface area contributed by atoms with Crippen molar-refractivity contribution in [2.75, 3.05) is 26.2 Å². The summed E-state index contributed by atoms with van der Waals surface area (Å²) < 4.78 is 0. The van der Waals surface area contributed by atoms with Crippen LogP contribution in [0.2, 0.25) is 0 Å². The first kappa shape index (κ1) is 17.5. The SMILES string of the molecule is NC1(C(=O)N2CCC3(CCC(=O)N(CCc4ccncc4)C3)CC2)CC1. The van der Waals surface area contributed by atoms with E-state index < -0.39 is 5.54 Å². The topological polar surface area (TPSA) is 79.5 Å². The first-order valence-electron chi connectivity index (χ1n) is 9.75. The zero-order valence-corrected chi connectivity index (χ0v) is 15.3. The quantitative estimate of drug-likeness (QED) is 0.883. The maximum Gasteiger partial charge on any atom is 0.242 e. The van der Waals surface area contributed by atoms with Crippen molar-refractivity contribution in [1.29, 1.82) is 0 Å². The summed E-state index contributed by atoms with van der Waals surface area (Å²) in [6.07, 6.45) is 9.65. The number of aromatic nitrogens is 1. The highest BCUT2D eigenvalue weighted by Crippen LogP contribution is 2.42. The smallest absolute Gasteiger partial charge is 0.242 e. The molecule has 1 spiro atoms. The molecule has 1 aromatic heterocycles. The summed E-state index contributed by atoms with van der Waals surface area (Å²) in [5.41, 5.74) is 6.90. The van der Waals surface area contributed by atoms with Gasteiger partial charge in [0.25, 0.3) is 0 Å². The van der Waals surface area contributed by atoms with E-state index in [0.29, 0.717) is 6.42 Å². The number of carbonyl (C=O) groups is 2. The van der Waals surface area contributed by atoms with E-state index >= 15 is 0 Å². The number of pyridine rings is 1. The molecule has 0 unspecified atom stereocenters. The predicted octanol–water partition coefficient (Wildman–Crippen LogP) is 1.35. The molecule has 1 aliphatic carbocycles. The molecule has 3 fully saturated rings. The second kappa shape index (κ2) is 6.65. The molecule has 26 heavy (non-hydrogen) atoms. The van der Waals surface area contributed by atoms with Crippen molar-refractivity contribution in [2.24, 2.45) is 11.1 Å². The fourth-order valence-corrected chi connectivity index (χ4v) is 4.38. The summed E-state index contributed by atoms with van der Waals surface area (Å²) in [6, 6.07) is 4.02. The Kier molecular flexibility index (Phi) is 4.47. The highest BCUT2D eigenvalue weighted by molar-refractivity contribution is 5.89. The van der Waals surface area contributed by atoms with E-state index in [0.717, 1.165) is 64.7 Å². The maximum atomic E-state index is 12.5. The van der Waals surface area contributed by atoms with Crippen LogP contribution < -0.4 is 5.73 Å². The fraction of sp³-hybridized carbons (Fsp3) is 0.650. The van der Waals surface area contributed by atoms with E-state index in [1.165, 1.54) is 5.56 Å². The van der Waals surface area contributed by atoms with Gasteiger partial charge in [0, 0.05) is 45.0 Å². The van der Waals surface area contributed by atoms with Gasteiger partial charge in [0.1, 0.15) is 0 Å². The number of hydrogen-bond donors (Lipinski definition) is 1. The van der Waals surface area contributed by atoms with Gasteiger partial charge in [0.15, 0.2) is 0 Å². The number of carbonyl (C=O) groups excluding carboxylic acids is 2. The van der Waals surface area contributed by atoms with Crippen LogP contribution in [0.4, 0.5) is 0 Å². The fourth-order valence-electron chi connectivity index (χ4n) is 4.38. The standard InChI is InChI=1S/C20H28N4O2/c21-20(6-7-20)18(26)23-13-8-19(9-14-23)5-1-17(25)24(15-19)12-4-16-2-10-22-11-3-16/h2-3,10-11H,1,4-9,12-15,21H2. The van der Waals surface area contributed by atoms with E-state index in [9.17, 15) is 9.59 Å². The Bertz CT molecular complexity index is 678. The lowest BCUT2D eigenvalue weighted by Gasteiger charge is -2.47. The van der Waals surface area contributed by atoms with Crippen molar-refractivity contribution in [3.63, 3.8) is 0 Å². The van der Waals surface area contributed by atoms with Crippen molar-refractivity contribution in [1.82, 2.24) is 14.8 Å². The van der Waals surface area contributed by atoms with Gasteiger partial charge in [-0.15, -0.1) is 0 Å². The molecule has 2 N–H and O–H groups in total. The van der Waals surface area contributed by atoms with Crippen LogP contribution in [0, 0.1) is 5.41 Å². The van der Waals surface area contributed by atoms with Gasteiger partial charge >= 0.3 is 0 Å². The van der Waals surface area contributed by atoms with Gasteiger partial charge in [-0.2, -0.15) is 0 Å². The first-order valence-corrected chi connectivity index (χ1v) is 9.75. The summed E-state index contributed by atoms with van der Waals surface area (Å²) >= 11 is 0. The monoisotopic (exact) mass is 356 g/mol. The lowest BCUT2D eigenvalue weighted by Crippen LogP contribution is -2.55. The molecule has 0 bridgehead atoms. The summed E-state index contributed by atoms with van der Waals surface area (Å²) in [4.78, 5) is 32.9. The largest absolute Gasteiger partial charge is 0.342 e. The summed E-state index contributed by atoms with van der Waals surface area (Å²) in [5.74, 6) is 0.399. The summed E-state index contributed by atoms with van der Waals surface area (Å²) in [5, 5.41) is 0. The molecule has 3 aliphatic rings. The molecule has 3 heterocycles. The van der Waals surface area contributed by atoms with Crippen LogP contribution in [0.25, 0.3) is 0 Å². The number of likely N-dealkylation sites (tertiary alicyclic amines) is 2. The Morgan fingerprint density at radius 3 is 2.46 bits per heavy atom. The van der Waals surface area contributed by atoms with E-state index in [1.54, 1.807) is 12.4 Å². The summed E-state index contributed by atoms with van der Waals surface area (Å²) in [6.45, 7) is 3.15. The summed E-state index contributed by atoms with van der Waals surface area (Å²) in [7, 11) is 0. The van der Waals surface area contributed by atoms with Gasteiger partial charge in [0.05, 0.1) is 5.54 Å². The molecule has 6 heteroatoms. The molecule has 1 aromatic rings. The van der Waals surface area contributed by atoms with Crippen LogP contribution >= 0.6 is 0 Å². The lowest BCUT2D eigenvalue weighted by molar-refractivity contribution is -0.143. The minimum absolute atomic E-state index is 0.133. The van der Waals surface area contributed by atoms with E-state index in [4.69, 9.17) is 5.73 Å². The van der Waals surface area contributed by atoms with Crippen LogP contribution in [-0.4, -0.2) is 58.3 Å². The molecule has 2 amide bonds. The zero-order chi connectivity index (χ0) is 18.2. The van der Waals surface area contributed by atoms with Crippen molar-refractivity contribution < 1.29 is 9.59 Å². The second-order valence-electron chi connectivity index (χ2n) is 8.37.